The summed E-state index contributed by atoms with van der Waals surface area (Å²) in [7, 11) is -13.6. The Morgan fingerprint density at radius 2 is 0.646 bits per heavy atom. The van der Waals surface area contributed by atoms with Gasteiger partial charge in [0.2, 0.25) is 0 Å². The van der Waals surface area contributed by atoms with E-state index in [0.29, 0.717) is 0 Å². The summed E-state index contributed by atoms with van der Waals surface area (Å²) in [5.41, 5.74) is 0.318. The molecule has 6 rings (SSSR count). The topological polar surface area (TPSA) is 271 Å². The molecule has 0 aliphatic rings. The van der Waals surface area contributed by atoms with Crippen molar-refractivity contribution < 1.29 is 143 Å². The number of rotatable bonds is 3. The van der Waals surface area contributed by atoms with Gasteiger partial charge >= 0.3 is 88.7 Å². The first kappa shape index (κ1) is 44.0. The molecule has 0 radical (unpaired) electrons. The Balaban J connectivity index is 0.000000349. The Kier molecular flexibility index (Phi) is 16.3. The molecule has 3 aromatic carbocycles. The molecular weight excluding hydrogens is 723 g/mol. The van der Waals surface area contributed by atoms with Crippen molar-refractivity contribution >= 4 is 63.1 Å². The van der Waals surface area contributed by atoms with Crippen LogP contribution < -0.4 is 88.7 Å². The molecule has 0 unspecified atom stereocenters. The summed E-state index contributed by atoms with van der Waals surface area (Å²) < 4.78 is 98.0. The van der Waals surface area contributed by atoms with Crippen LogP contribution in [0.1, 0.15) is 0 Å². The normalized spacial score (nSPS) is 11.1. The maximum Gasteiger partial charge on any atom is 1.00 e. The molecule has 3 heterocycles. The summed E-state index contributed by atoms with van der Waals surface area (Å²) in [6.45, 7) is 0. The van der Waals surface area contributed by atoms with Crippen LogP contribution in [0.15, 0.2) is 106 Å². The smallest absolute Gasteiger partial charge is 0.744 e. The molecule has 0 spiro atoms. The maximum absolute atomic E-state index is 10.9. The fourth-order valence-corrected chi connectivity index (χ4v) is 6.06. The molecule has 48 heavy (non-hydrogen) atoms. The SMILES string of the molecule is O=S(=O)([O-])c1ccc(O)c2ncccc12.O=S(=O)([O-])c1ccc(O)c2ncccc12.O=S(=O)([O-])c1ccc(O)c2ncccc12.[Na+].[Na+].[Na+]. The summed E-state index contributed by atoms with van der Waals surface area (Å²) in [4.78, 5) is 10.3. The zero-order chi connectivity index (χ0) is 33.2. The van der Waals surface area contributed by atoms with E-state index in [0.717, 1.165) is 36.4 Å². The van der Waals surface area contributed by atoms with Crippen LogP contribution >= 0.6 is 0 Å². The number of aromatic nitrogens is 3. The number of benzene rings is 3. The number of pyridine rings is 3. The van der Waals surface area contributed by atoms with Gasteiger partial charge in [0, 0.05) is 34.7 Å². The van der Waals surface area contributed by atoms with Crippen molar-refractivity contribution in [2.45, 2.75) is 14.7 Å². The number of hydrogen-bond donors (Lipinski definition) is 3. The Hall–Kier alpha value is -1.98. The van der Waals surface area contributed by atoms with Crippen LogP contribution in [-0.2, 0) is 30.4 Å². The molecule has 0 saturated heterocycles. The van der Waals surface area contributed by atoms with Crippen molar-refractivity contribution in [3.63, 3.8) is 0 Å². The van der Waals surface area contributed by atoms with Gasteiger partial charge in [0.15, 0.2) is 0 Å². The predicted octanol–water partition coefficient (Wildman–Crippen LogP) is -6.45. The Bertz CT molecular complexity index is 2150. The predicted molar refractivity (Wildman–Crippen MR) is 154 cm³/mol. The average molecular weight is 742 g/mol. The van der Waals surface area contributed by atoms with E-state index in [1.165, 1.54) is 55.0 Å². The molecule has 3 aromatic heterocycles. The third-order valence-electron chi connectivity index (χ3n) is 5.93. The minimum atomic E-state index is -4.55. The monoisotopic (exact) mass is 741 g/mol. The van der Waals surface area contributed by atoms with Crippen LogP contribution in [-0.4, -0.2) is 69.2 Å². The van der Waals surface area contributed by atoms with Gasteiger partial charge in [0.1, 0.15) is 64.2 Å². The van der Waals surface area contributed by atoms with Gasteiger partial charge in [-0.1, -0.05) is 0 Å². The van der Waals surface area contributed by atoms with Gasteiger partial charge in [-0.05, 0) is 72.8 Å². The van der Waals surface area contributed by atoms with Crippen molar-refractivity contribution in [2.24, 2.45) is 0 Å². The van der Waals surface area contributed by atoms with E-state index in [2.05, 4.69) is 15.0 Å². The van der Waals surface area contributed by atoms with E-state index in [9.17, 15) is 54.2 Å². The second kappa shape index (κ2) is 17.8. The molecular formula is C27H18N3Na3O12S3. The van der Waals surface area contributed by atoms with Crippen LogP contribution in [0.4, 0.5) is 0 Å². The molecule has 21 heteroatoms. The van der Waals surface area contributed by atoms with E-state index in [4.69, 9.17) is 0 Å². The fraction of sp³-hybridized carbons (Fsp3) is 0. The van der Waals surface area contributed by atoms with E-state index in [1.54, 1.807) is 0 Å². The summed E-state index contributed by atoms with van der Waals surface area (Å²) in [6, 6.07) is 15.4. The third-order valence-corrected chi connectivity index (χ3v) is 8.62. The van der Waals surface area contributed by atoms with Crippen LogP contribution in [0.25, 0.3) is 32.7 Å². The van der Waals surface area contributed by atoms with Crippen molar-refractivity contribution in [3.8, 4) is 17.2 Å². The Morgan fingerprint density at radius 3 is 0.854 bits per heavy atom. The van der Waals surface area contributed by atoms with Crippen LogP contribution in [0.5, 0.6) is 17.2 Å². The zero-order valence-corrected chi connectivity index (χ0v) is 33.7. The molecule has 0 bridgehead atoms. The number of hydrogen-bond acceptors (Lipinski definition) is 15. The van der Waals surface area contributed by atoms with E-state index >= 15 is 0 Å². The number of fused-ring (bicyclic) bond motifs is 3. The first-order valence-electron chi connectivity index (χ1n) is 12.1. The summed E-state index contributed by atoms with van der Waals surface area (Å²) in [6.07, 6.45) is 4.22. The van der Waals surface area contributed by atoms with Gasteiger partial charge in [0.25, 0.3) is 0 Å². The van der Waals surface area contributed by atoms with Crippen molar-refractivity contribution in [1.82, 2.24) is 15.0 Å². The summed E-state index contributed by atoms with van der Waals surface area (Å²) in [5, 5.41) is 28.6. The molecule has 0 aliphatic heterocycles. The molecule has 6 aromatic rings. The Labute approximate surface area is 340 Å². The molecule has 0 atom stereocenters. The van der Waals surface area contributed by atoms with Gasteiger partial charge in [0.05, 0.1) is 14.7 Å². The second-order valence-electron chi connectivity index (χ2n) is 8.81. The van der Waals surface area contributed by atoms with Crippen LogP contribution in [0, 0.1) is 0 Å². The first-order chi connectivity index (χ1) is 21.0. The molecule has 0 aliphatic carbocycles. The third kappa shape index (κ3) is 10.5. The summed E-state index contributed by atoms with van der Waals surface area (Å²) >= 11 is 0. The second-order valence-corrected chi connectivity index (χ2v) is 12.9. The minimum Gasteiger partial charge on any atom is -0.744 e. The van der Waals surface area contributed by atoms with Crippen molar-refractivity contribution in [3.05, 3.63) is 91.4 Å². The van der Waals surface area contributed by atoms with Gasteiger partial charge < -0.3 is 29.0 Å². The molecule has 0 saturated carbocycles. The molecule has 0 fully saturated rings. The zero-order valence-electron chi connectivity index (χ0n) is 25.2. The standard InChI is InChI=1S/3C9H7NO4S.3Na/c3*11-7-3-4-8(15(12,13)14)6-2-1-5-10-9(6)7;;;/h3*1-5,11H,(H,12,13,14);;;/q;;;3*+1/p-3. The molecule has 234 valence electrons. The molecule has 3 N–H and O–H groups in total. The maximum atomic E-state index is 10.9. The molecule has 0 amide bonds. The average Bonchev–Trinajstić information content (AvgIpc) is 2.97. The van der Waals surface area contributed by atoms with E-state index in [1.807, 2.05) is 0 Å². The number of phenols is 3. The van der Waals surface area contributed by atoms with Crippen molar-refractivity contribution in [2.75, 3.05) is 0 Å². The quantitative estimate of drug-likeness (QED) is 0.112. The Morgan fingerprint density at radius 1 is 0.417 bits per heavy atom. The summed E-state index contributed by atoms with van der Waals surface area (Å²) in [5.74, 6) is -0.464. The number of nitrogens with zero attached hydrogens (tertiary/aromatic N) is 3. The number of phenolic OH excluding ortho intramolecular Hbond substituents is 3. The van der Waals surface area contributed by atoms with Gasteiger partial charge in [-0.3, -0.25) is 15.0 Å². The van der Waals surface area contributed by atoms with E-state index < -0.39 is 30.4 Å². The van der Waals surface area contributed by atoms with Crippen LogP contribution in [0.2, 0.25) is 0 Å². The van der Waals surface area contributed by atoms with Gasteiger partial charge in [-0.15, -0.1) is 0 Å². The van der Waals surface area contributed by atoms with E-state index in [-0.39, 0.29) is 153 Å². The molecule has 15 nitrogen and oxygen atoms in total. The van der Waals surface area contributed by atoms with Crippen molar-refractivity contribution in [1.29, 1.82) is 0 Å². The van der Waals surface area contributed by atoms with Gasteiger partial charge in [-0.25, -0.2) is 25.3 Å². The number of aromatic hydroxyl groups is 3. The largest absolute Gasteiger partial charge is 1.00 e. The van der Waals surface area contributed by atoms with Gasteiger partial charge in [-0.2, -0.15) is 0 Å². The fourth-order valence-electron chi connectivity index (χ4n) is 4.05. The first-order valence-corrected chi connectivity index (χ1v) is 16.3. The minimum absolute atomic E-state index is 0. The van der Waals surface area contributed by atoms with Crippen LogP contribution in [0.3, 0.4) is 0 Å².